The van der Waals surface area contributed by atoms with Crippen molar-refractivity contribution in [2.75, 3.05) is 13.7 Å². The summed E-state index contributed by atoms with van der Waals surface area (Å²) in [6.07, 6.45) is 0.958. The van der Waals surface area contributed by atoms with E-state index in [2.05, 4.69) is 41.6 Å². The number of nitrogens with zero attached hydrogens (tertiary/aromatic N) is 2. The van der Waals surface area contributed by atoms with Crippen LogP contribution in [0.3, 0.4) is 0 Å². The van der Waals surface area contributed by atoms with Crippen LogP contribution < -0.4 is 0 Å². The van der Waals surface area contributed by atoms with Crippen LogP contribution >= 0.6 is 11.6 Å². The Kier molecular flexibility index (Phi) is 4.25. The molecule has 0 spiro atoms. The van der Waals surface area contributed by atoms with Crippen molar-refractivity contribution in [3.8, 4) is 0 Å². The van der Waals surface area contributed by atoms with E-state index < -0.39 is 0 Å². The van der Waals surface area contributed by atoms with Crippen molar-refractivity contribution in [3.05, 3.63) is 29.6 Å². The third-order valence-corrected chi connectivity index (χ3v) is 3.46. The van der Waals surface area contributed by atoms with Crippen LogP contribution in [0.1, 0.15) is 30.8 Å². The summed E-state index contributed by atoms with van der Waals surface area (Å²) in [6, 6.07) is 6.68. The quantitative estimate of drug-likeness (QED) is 0.772. The van der Waals surface area contributed by atoms with Gasteiger partial charge in [0.2, 0.25) is 0 Å². The maximum atomic E-state index is 6.01. The zero-order chi connectivity index (χ0) is 13.1. The van der Waals surface area contributed by atoms with E-state index in [1.807, 2.05) is 0 Å². The summed E-state index contributed by atoms with van der Waals surface area (Å²) >= 11 is 6.01. The fraction of sp³-hybridized carbons (Fsp3) is 0.500. The van der Waals surface area contributed by atoms with Gasteiger partial charge in [0.05, 0.1) is 16.9 Å². The number of aromatic nitrogens is 2. The maximum absolute atomic E-state index is 6.01. The molecule has 18 heavy (non-hydrogen) atoms. The predicted molar refractivity (Wildman–Crippen MR) is 75.2 cm³/mol. The summed E-state index contributed by atoms with van der Waals surface area (Å²) < 4.78 is 7.37. The number of halogens is 1. The second-order valence-corrected chi connectivity index (χ2v) is 4.92. The molecular formula is C14H19ClN2O. The van der Waals surface area contributed by atoms with Gasteiger partial charge in [-0.1, -0.05) is 6.07 Å². The molecule has 2 rings (SSSR count). The highest BCUT2D eigenvalue weighted by Gasteiger charge is 2.15. The van der Waals surface area contributed by atoms with Crippen LogP contribution in [0.5, 0.6) is 0 Å². The highest BCUT2D eigenvalue weighted by Crippen LogP contribution is 2.24. The number of hydrogen-bond acceptors (Lipinski definition) is 2. The van der Waals surface area contributed by atoms with Gasteiger partial charge in [-0.15, -0.1) is 11.6 Å². The molecule has 0 amide bonds. The monoisotopic (exact) mass is 266 g/mol. The number of methoxy groups -OCH3 is 1. The fourth-order valence-electron chi connectivity index (χ4n) is 2.26. The molecule has 0 fully saturated rings. The molecule has 2 aromatic rings. The average Bonchev–Trinajstić information content (AvgIpc) is 2.73. The largest absolute Gasteiger partial charge is 0.385 e. The lowest BCUT2D eigenvalue weighted by Gasteiger charge is -2.16. The van der Waals surface area contributed by atoms with Gasteiger partial charge in [-0.3, -0.25) is 0 Å². The molecule has 1 atom stereocenters. The third kappa shape index (κ3) is 2.52. The van der Waals surface area contributed by atoms with Gasteiger partial charge in [-0.25, -0.2) is 4.98 Å². The van der Waals surface area contributed by atoms with Crippen LogP contribution in [-0.4, -0.2) is 23.3 Å². The van der Waals surface area contributed by atoms with Gasteiger partial charge in [0.25, 0.3) is 0 Å². The van der Waals surface area contributed by atoms with Crippen molar-refractivity contribution in [2.24, 2.45) is 0 Å². The van der Waals surface area contributed by atoms with Crippen molar-refractivity contribution in [2.45, 2.75) is 32.2 Å². The summed E-state index contributed by atoms with van der Waals surface area (Å²) in [5, 5.41) is 0. The summed E-state index contributed by atoms with van der Waals surface area (Å²) in [4.78, 5) is 4.61. The second-order valence-electron chi connectivity index (χ2n) is 4.65. The van der Waals surface area contributed by atoms with Crippen LogP contribution in [0.4, 0.5) is 0 Å². The highest BCUT2D eigenvalue weighted by molar-refractivity contribution is 6.16. The molecule has 0 radical (unpaired) electrons. The number of imidazole rings is 1. The minimum atomic E-state index is 0.339. The molecule has 3 nitrogen and oxygen atoms in total. The number of fused-ring (bicyclic) bond motifs is 1. The van der Waals surface area contributed by atoms with Crippen molar-refractivity contribution in [1.29, 1.82) is 0 Å². The van der Waals surface area contributed by atoms with Gasteiger partial charge < -0.3 is 9.30 Å². The predicted octanol–water partition coefficient (Wildman–Crippen LogP) is 3.68. The summed E-state index contributed by atoms with van der Waals surface area (Å²) in [5.41, 5.74) is 3.40. The minimum absolute atomic E-state index is 0.339. The van der Waals surface area contributed by atoms with Gasteiger partial charge in [0, 0.05) is 19.8 Å². The Balaban J connectivity index is 2.46. The molecule has 1 aromatic carbocycles. The van der Waals surface area contributed by atoms with Crippen molar-refractivity contribution < 1.29 is 4.74 Å². The SMILES string of the molecule is COCCC(C)n1c(CCl)nc2cc(C)ccc21. The standard InChI is InChI=1S/C14H19ClN2O/c1-10-4-5-13-12(8-10)16-14(9-15)17(13)11(2)6-7-18-3/h4-5,8,11H,6-7,9H2,1-3H3. The number of alkyl halides is 1. The zero-order valence-corrected chi connectivity index (χ0v) is 11.9. The van der Waals surface area contributed by atoms with Gasteiger partial charge in [-0.05, 0) is 38.0 Å². The summed E-state index contributed by atoms with van der Waals surface area (Å²) in [7, 11) is 1.73. The Bertz CT molecular complexity index is 536. The van der Waals surface area contributed by atoms with Gasteiger partial charge in [0.1, 0.15) is 5.82 Å². The first-order valence-electron chi connectivity index (χ1n) is 6.19. The first-order valence-corrected chi connectivity index (χ1v) is 6.73. The van der Waals surface area contributed by atoms with Gasteiger partial charge in [0.15, 0.2) is 0 Å². The molecule has 0 aliphatic rings. The lowest BCUT2D eigenvalue weighted by atomic mass is 10.2. The molecule has 1 unspecified atom stereocenters. The van der Waals surface area contributed by atoms with E-state index in [0.717, 1.165) is 29.9 Å². The lowest BCUT2D eigenvalue weighted by Crippen LogP contribution is -2.10. The Morgan fingerprint density at radius 2 is 2.22 bits per heavy atom. The fourth-order valence-corrected chi connectivity index (χ4v) is 2.45. The molecule has 98 valence electrons. The molecular weight excluding hydrogens is 248 g/mol. The Morgan fingerprint density at radius 3 is 2.89 bits per heavy atom. The Hall–Kier alpha value is -1.06. The molecule has 0 saturated heterocycles. The second kappa shape index (κ2) is 5.72. The number of rotatable bonds is 5. The van der Waals surface area contributed by atoms with E-state index >= 15 is 0 Å². The van der Waals surface area contributed by atoms with E-state index in [1.165, 1.54) is 5.56 Å². The molecule has 0 N–H and O–H groups in total. The average molecular weight is 267 g/mol. The number of ether oxygens (including phenoxy) is 1. The van der Waals surface area contributed by atoms with E-state index in [1.54, 1.807) is 7.11 Å². The third-order valence-electron chi connectivity index (χ3n) is 3.22. The first kappa shape index (κ1) is 13.4. The number of aryl methyl sites for hydroxylation is 1. The van der Waals surface area contributed by atoms with E-state index in [0.29, 0.717) is 11.9 Å². The van der Waals surface area contributed by atoms with Crippen LogP contribution in [0.15, 0.2) is 18.2 Å². The molecule has 0 saturated carbocycles. The smallest absolute Gasteiger partial charge is 0.125 e. The van der Waals surface area contributed by atoms with Gasteiger partial charge >= 0.3 is 0 Å². The van der Waals surface area contributed by atoms with E-state index in [9.17, 15) is 0 Å². The maximum Gasteiger partial charge on any atom is 0.125 e. The topological polar surface area (TPSA) is 27.1 Å². The van der Waals surface area contributed by atoms with Crippen LogP contribution in [0.25, 0.3) is 11.0 Å². The van der Waals surface area contributed by atoms with Crippen LogP contribution in [0.2, 0.25) is 0 Å². The Morgan fingerprint density at radius 1 is 1.44 bits per heavy atom. The molecule has 1 aromatic heterocycles. The minimum Gasteiger partial charge on any atom is -0.385 e. The van der Waals surface area contributed by atoms with E-state index in [-0.39, 0.29) is 0 Å². The molecule has 1 heterocycles. The molecule has 0 bridgehead atoms. The molecule has 0 aliphatic heterocycles. The highest BCUT2D eigenvalue weighted by atomic mass is 35.5. The first-order chi connectivity index (χ1) is 8.67. The summed E-state index contributed by atoms with van der Waals surface area (Å²) in [5.74, 6) is 1.37. The van der Waals surface area contributed by atoms with Gasteiger partial charge in [-0.2, -0.15) is 0 Å². The Labute approximate surface area is 113 Å². The number of hydrogen-bond donors (Lipinski definition) is 0. The number of benzene rings is 1. The van der Waals surface area contributed by atoms with Crippen molar-refractivity contribution >= 4 is 22.6 Å². The van der Waals surface area contributed by atoms with Crippen molar-refractivity contribution in [3.63, 3.8) is 0 Å². The zero-order valence-electron chi connectivity index (χ0n) is 11.1. The molecule has 4 heteroatoms. The lowest BCUT2D eigenvalue weighted by molar-refractivity contribution is 0.181. The van der Waals surface area contributed by atoms with E-state index in [4.69, 9.17) is 16.3 Å². The van der Waals surface area contributed by atoms with Crippen molar-refractivity contribution in [1.82, 2.24) is 9.55 Å². The normalized spacial score (nSPS) is 13.1. The van der Waals surface area contributed by atoms with Crippen LogP contribution in [-0.2, 0) is 10.6 Å². The molecule has 0 aliphatic carbocycles. The summed E-state index contributed by atoms with van der Waals surface area (Å²) in [6.45, 7) is 5.00. The van der Waals surface area contributed by atoms with Crippen LogP contribution in [0, 0.1) is 6.92 Å².